The number of methoxy groups -OCH3 is 1. The van der Waals surface area contributed by atoms with Crippen LogP contribution in [-0.4, -0.2) is 36.3 Å². The number of nitrogens with zero attached hydrogens (tertiary/aromatic N) is 3. The average Bonchev–Trinajstić information content (AvgIpc) is 3.21. The van der Waals surface area contributed by atoms with Gasteiger partial charge in [0.2, 0.25) is 0 Å². The summed E-state index contributed by atoms with van der Waals surface area (Å²) in [6, 6.07) is 9.77. The Labute approximate surface area is 216 Å². The maximum Gasteiger partial charge on any atom is 0.305 e. The highest BCUT2D eigenvalue weighted by Crippen LogP contribution is 2.34. The molecule has 2 heterocycles. The lowest BCUT2D eigenvalue weighted by atomic mass is 10.1. The predicted molar refractivity (Wildman–Crippen MR) is 136 cm³/mol. The highest BCUT2D eigenvalue weighted by Gasteiger charge is 2.22. The second-order valence-corrected chi connectivity index (χ2v) is 10.1. The smallest absolute Gasteiger partial charge is 0.305 e. The van der Waals surface area contributed by atoms with Crippen LogP contribution in [-0.2, 0) is 26.1 Å². The second kappa shape index (κ2) is 10.3. The van der Waals surface area contributed by atoms with Crippen molar-refractivity contribution in [2.45, 2.75) is 24.3 Å². The van der Waals surface area contributed by atoms with Crippen molar-refractivity contribution in [3.63, 3.8) is 0 Å². The molecule has 0 bridgehead atoms. The number of nitrogens with two attached hydrogens (primary N) is 1. The molecule has 0 amide bonds. The Morgan fingerprint density at radius 3 is 2.72 bits per heavy atom. The molecule has 0 aliphatic carbocycles. The third kappa shape index (κ3) is 5.08. The van der Waals surface area contributed by atoms with Gasteiger partial charge in [0.05, 0.1) is 33.7 Å². The van der Waals surface area contributed by atoms with Crippen molar-refractivity contribution >= 4 is 61.6 Å². The molecular weight excluding hydrogens is 532 g/mol. The predicted octanol–water partition coefficient (Wildman–Crippen LogP) is 4.88. The van der Waals surface area contributed by atoms with Gasteiger partial charge >= 0.3 is 5.97 Å². The molecule has 9 nitrogen and oxygen atoms in total. The summed E-state index contributed by atoms with van der Waals surface area (Å²) in [5.41, 5.74) is 7.18. The molecule has 4 rings (SSSR count). The van der Waals surface area contributed by atoms with Crippen molar-refractivity contribution in [2.24, 2.45) is 0 Å². The Balaban J connectivity index is 1.68. The van der Waals surface area contributed by atoms with E-state index in [4.69, 9.17) is 28.9 Å². The number of esters is 1. The summed E-state index contributed by atoms with van der Waals surface area (Å²) >= 11 is 11.9. The SMILES string of the molecule is COC(=O)CCCn1nc(-c2ccc(NS(=O)(=O)c3cccc(Cl)c3Cl)c(F)c2)c2c(N)nccc21. The molecule has 0 saturated carbocycles. The first kappa shape index (κ1) is 25.7. The minimum Gasteiger partial charge on any atom is -0.469 e. The van der Waals surface area contributed by atoms with Gasteiger partial charge in [0.1, 0.15) is 22.2 Å². The Bertz CT molecular complexity index is 1580. The molecule has 3 N–H and O–H groups in total. The summed E-state index contributed by atoms with van der Waals surface area (Å²) in [6.45, 7) is 0.385. The van der Waals surface area contributed by atoms with Gasteiger partial charge in [-0.1, -0.05) is 35.3 Å². The van der Waals surface area contributed by atoms with Crippen molar-refractivity contribution < 1.29 is 22.3 Å². The van der Waals surface area contributed by atoms with Crippen LogP contribution in [0, 0.1) is 5.82 Å². The van der Waals surface area contributed by atoms with Gasteiger partial charge in [-0.05, 0) is 36.8 Å². The maximum atomic E-state index is 15.1. The fourth-order valence-electron chi connectivity index (χ4n) is 3.63. The fraction of sp³-hybridized carbons (Fsp3) is 0.174. The Morgan fingerprint density at radius 1 is 1.22 bits per heavy atom. The Kier molecular flexibility index (Phi) is 7.34. The van der Waals surface area contributed by atoms with E-state index >= 15 is 4.39 Å². The summed E-state index contributed by atoms with van der Waals surface area (Å²) in [5.74, 6) is -0.986. The number of nitrogens with one attached hydrogen (secondary N) is 1. The van der Waals surface area contributed by atoms with Crippen LogP contribution in [0.4, 0.5) is 15.9 Å². The number of halogens is 3. The van der Waals surface area contributed by atoms with E-state index in [9.17, 15) is 13.2 Å². The van der Waals surface area contributed by atoms with Crippen molar-refractivity contribution in [1.29, 1.82) is 0 Å². The van der Waals surface area contributed by atoms with Gasteiger partial charge in [-0.25, -0.2) is 17.8 Å². The van der Waals surface area contributed by atoms with E-state index in [1.807, 2.05) is 0 Å². The molecule has 0 fully saturated rings. The average molecular weight is 552 g/mol. The van der Waals surface area contributed by atoms with Crippen molar-refractivity contribution in [1.82, 2.24) is 14.8 Å². The Morgan fingerprint density at radius 2 is 2.00 bits per heavy atom. The summed E-state index contributed by atoms with van der Waals surface area (Å²) in [7, 11) is -2.90. The van der Waals surface area contributed by atoms with Gasteiger partial charge in [-0.15, -0.1) is 0 Å². The van der Waals surface area contributed by atoms with Crippen LogP contribution in [0.5, 0.6) is 0 Å². The van der Waals surface area contributed by atoms with Crippen molar-refractivity contribution in [2.75, 3.05) is 17.6 Å². The highest BCUT2D eigenvalue weighted by molar-refractivity contribution is 7.92. The topological polar surface area (TPSA) is 129 Å². The van der Waals surface area contributed by atoms with Gasteiger partial charge in [-0.3, -0.25) is 14.2 Å². The molecule has 0 saturated heterocycles. The van der Waals surface area contributed by atoms with Gasteiger partial charge in [-0.2, -0.15) is 5.10 Å². The van der Waals surface area contributed by atoms with Gasteiger partial charge in [0, 0.05) is 24.7 Å². The molecule has 0 unspecified atom stereocenters. The van der Waals surface area contributed by atoms with E-state index in [1.165, 1.54) is 43.6 Å². The van der Waals surface area contributed by atoms with Crippen molar-refractivity contribution in [3.8, 4) is 11.3 Å². The van der Waals surface area contributed by atoms with E-state index in [2.05, 4.69) is 19.5 Å². The molecule has 2 aromatic carbocycles. The van der Waals surface area contributed by atoms with Crippen LogP contribution < -0.4 is 10.5 Å². The highest BCUT2D eigenvalue weighted by atomic mass is 35.5. The second-order valence-electron chi connectivity index (χ2n) is 7.69. The molecule has 4 aromatic rings. The lowest BCUT2D eigenvalue weighted by molar-refractivity contribution is -0.140. The molecule has 0 aliphatic heterocycles. The maximum absolute atomic E-state index is 15.1. The van der Waals surface area contributed by atoms with Gasteiger partial charge in [0.15, 0.2) is 0 Å². The minimum atomic E-state index is -4.22. The normalized spacial score (nSPS) is 11.6. The van der Waals surface area contributed by atoms with Crippen LogP contribution in [0.25, 0.3) is 22.2 Å². The van der Waals surface area contributed by atoms with Gasteiger partial charge < -0.3 is 10.5 Å². The number of nitrogen functional groups attached to an aromatic ring is 1. The molecule has 0 atom stereocenters. The van der Waals surface area contributed by atoms with Crippen LogP contribution in [0.2, 0.25) is 10.0 Å². The first-order valence-corrected chi connectivity index (χ1v) is 12.8. The van der Waals surface area contributed by atoms with Crippen LogP contribution >= 0.6 is 23.2 Å². The third-order valence-corrected chi connectivity index (χ3v) is 7.70. The number of carbonyl (C=O) groups is 1. The third-order valence-electron chi connectivity index (χ3n) is 5.36. The lowest BCUT2D eigenvalue weighted by Gasteiger charge is -2.11. The van der Waals surface area contributed by atoms with E-state index in [1.54, 1.807) is 10.7 Å². The number of rotatable bonds is 8. The standard InChI is InChI=1S/C23H20Cl2FN5O4S/c1-35-19(32)6-3-11-31-17-9-10-28-23(27)20(17)22(29-31)13-7-8-16(15(26)12-13)30-36(33,34)18-5-2-4-14(24)21(18)25/h2,4-5,7-10,12,30H,3,6,11H2,1H3,(H2,27,28). The van der Waals surface area contributed by atoms with E-state index in [0.717, 1.165) is 6.07 Å². The number of hydrogen-bond acceptors (Lipinski definition) is 7. The zero-order chi connectivity index (χ0) is 26.0. The molecule has 0 radical (unpaired) electrons. The van der Waals surface area contributed by atoms with E-state index < -0.39 is 15.8 Å². The number of anilines is 2. The molecule has 36 heavy (non-hydrogen) atoms. The molecule has 0 spiro atoms. The number of aromatic nitrogens is 3. The van der Waals surface area contributed by atoms with Crippen LogP contribution in [0.1, 0.15) is 12.8 Å². The fourth-order valence-corrected chi connectivity index (χ4v) is 5.46. The number of pyridine rings is 1. The van der Waals surface area contributed by atoms with E-state index in [-0.39, 0.29) is 38.8 Å². The number of fused-ring (bicyclic) bond motifs is 1. The minimum absolute atomic E-state index is 0.0515. The summed E-state index contributed by atoms with van der Waals surface area (Å²) < 4.78 is 49.2. The molecular formula is C23H20Cl2FN5O4S. The number of hydrogen-bond donors (Lipinski definition) is 2. The van der Waals surface area contributed by atoms with Gasteiger partial charge in [0.25, 0.3) is 10.0 Å². The summed E-state index contributed by atoms with van der Waals surface area (Å²) in [4.78, 5) is 15.3. The van der Waals surface area contributed by atoms with E-state index in [0.29, 0.717) is 35.1 Å². The van der Waals surface area contributed by atoms with Crippen LogP contribution in [0.3, 0.4) is 0 Å². The number of aryl methyl sites for hydroxylation is 1. The first-order valence-electron chi connectivity index (χ1n) is 10.6. The summed E-state index contributed by atoms with van der Waals surface area (Å²) in [5, 5.41) is 4.95. The number of benzene rings is 2. The zero-order valence-corrected chi connectivity index (χ0v) is 21.2. The Hall–Kier alpha value is -3.41. The zero-order valence-electron chi connectivity index (χ0n) is 18.8. The first-order chi connectivity index (χ1) is 17.1. The summed E-state index contributed by atoms with van der Waals surface area (Å²) in [6.07, 6.45) is 2.19. The monoisotopic (exact) mass is 551 g/mol. The number of sulfonamides is 1. The van der Waals surface area contributed by atoms with Crippen LogP contribution in [0.15, 0.2) is 53.6 Å². The number of carbonyl (C=O) groups excluding carboxylic acids is 1. The quantitative estimate of drug-likeness (QED) is 0.298. The molecule has 13 heteroatoms. The lowest BCUT2D eigenvalue weighted by Crippen LogP contribution is -2.14. The largest absolute Gasteiger partial charge is 0.469 e. The molecule has 0 aliphatic rings. The van der Waals surface area contributed by atoms with Crippen molar-refractivity contribution in [3.05, 3.63) is 64.5 Å². The molecule has 2 aromatic heterocycles. The number of ether oxygens (including phenoxy) is 1. The molecule has 188 valence electrons.